The molecule has 114 valence electrons. The van der Waals surface area contributed by atoms with Crippen molar-refractivity contribution in [3.05, 3.63) is 64.6 Å². The second-order valence-corrected chi connectivity index (χ2v) is 4.94. The van der Waals surface area contributed by atoms with Crippen LogP contribution in [0.25, 0.3) is 0 Å². The predicted octanol–water partition coefficient (Wildman–Crippen LogP) is 1.10. The number of hydrogen-bond acceptors (Lipinski definition) is 3. The number of nitrogens with zero attached hydrogens (tertiary/aromatic N) is 2. The summed E-state index contributed by atoms with van der Waals surface area (Å²) in [6.45, 7) is -0.0728. The zero-order chi connectivity index (χ0) is 16.1. The molecule has 0 fully saturated rings. The lowest BCUT2D eigenvalue weighted by molar-refractivity contribution is -0.116. The number of carbonyl (C=O) groups is 2. The lowest BCUT2D eigenvalue weighted by atomic mass is 10.2. The maximum atomic E-state index is 12.1. The third kappa shape index (κ3) is 3.82. The molecule has 0 radical (unpaired) electrons. The van der Waals surface area contributed by atoms with Gasteiger partial charge in [-0.15, -0.1) is 0 Å². The Bertz CT molecular complexity index is 738. The van der Waals surface area contributed by atoms with Gasteiger partial charge in [-0.3, -0.25) is 14.4 Å². The van der Waals surface area contributed by atoms with Crippen LogP contribution in [0.5, 0.6) is 0 Å². The molecule has 0 bridgehead atoms. The lowest BCUT2D eigenvalue weighted by Crippen LogP contribution is -2.35. The Kier molecular flexibility index (Phi) is 4.73. The van der Waals surface area contributed by atoms with Gasteiger partial charge >= 0.3 is 0 Å². The van der Waals surface area contributed by atoms with Crippen LogP contribution in [0, 0.1) is 0 Å². The van der Waals surface area contributed by atoms with Gasteiger partial charge in [0.05, 0.1) is 12.2 Å². The first-order chi connectivity index (χ1) is 10.5. The highest BCUT2D eigenvalue weighted by molar-refractivity contribution is 5.99. The number of aromatic nitrogens is 1. The van der Waals surface area contributed by atoms with Gasteiger partial charge in [0.1, 0.15) is 0 Å². The Labute approximate surface area is 128 Å². The number of aryl methyl sites for hydroxylation is 1. The van der Waals surface area contributed by atoms with Crippen LogP contribution in [0.2, 0.25) is 0 Å². The van der Waals surface area contributed by atoms with E-state index in [4.69, 9.17) is 0 Å². The maximum Gasteiger partial charge on any atom is 0.254 e. The molecular weight excluding hydrogens is 282 g/mol. The number of carbonyl (C=O) groups excluding carboxylic acids is 2. The number of pyridine rings is 1. The maximum absolute atomic E-state index is 12.1. The van der Waals surface area contributed by atoms with Gasteiger partial charge in [0, 0.05) is 31.9 Å². The van der Waals surface area contributed by atoms with E-state index < -0.39 is 0 Å². The van der Waals surface area contributed by atoms with Crippen LogP contribution >= 0.6 is 0 Å². The molecule has 0 saturated carbocycles. The summed E-state index contributed by atoms with van der Waals surface area (Å²) < 4.78 is 1.37. The highest BCUT2D eigenvalue weighted by Gasteiger charge is 2.14. The van der Waals surface area contributed by atoms with Gasteiger partial charge in [-0.1, -0.05) is 18.2 Å². The largest absolute Gasteiger partial charge is 0.332 e. The standard InChI is InChI=1S/C16H17N3O3/c1-18-10-13(8-9-15(18)21)17-14(20)11-19(2)16(22)12-6-4-3-5-7-12/h3-10H,11H2,1-2H3,(H,17,20). The fourth-order valence-corrected chi connectivity index (χ4v) is 1.96. The lowest BCUT2D eigenvalue weighted by Gasteiger charge is -2.17. The van der Waals surface area contributed by atoms with Crippen LogP contribution in [-0.2, 0) is 11.8 Å². The van der Waals surface area contributed by atoms with Crippen molar-refractivity contribution in [1.29, 1.82) is 0 Å². The number of amides is 2. The molecule has 2 aromatic rings. The van der Waals surface area contributed by atoms with Crippen LogP contribution in [-0.4, -0.2) is 34.9 Å². The molecule has 1 aromatic carbocycles. The van der Waals surface area contributed by atoms with Crippen molar-refractivity contribution in [1.82, 2.24) is 9.47 Å². The highest BCUT2D eigenvalue weighted by Crippen LogP contribution is 2.05. The first-order valence-electron chi connectivity index (χ1n) is 6.74. The first kappa shape index (κ1) is 15.5. The summed E-state index contributed by atoms with van der Waals surface area (Å²) in [5, 5.41) is 2.65. The summed E-state index contributed by atoms with van der Waals surface area (Å²) in [6.07, 6.45) is 1.53. The quantitative estimate of drug-likeness (QED) is 0.919. The summed E-state index contributed by atoms with van der Waals surface area (Å²) in [5.41, 5.74) is 0.877. The zero-order valence-electron chi connectivity index (χ0n) is 12.4. The van der Waals surface area contributed by atoms with E-state index in [2.05, 4.69) is 5.32 Å². The number of likely N-dealkylation sites (N-methyl/N-ethyl adjacent to an activating group) is 1. The summed E-state index contributed by atoms with van der Waals surface area (Å²) in [6, 6.07) is 11.7. The predicted molar refractivity (Wildman–Crippen MR) is 83.7 cm³/mol. The molecule has 0 saturated heterocycles. The topological polar surface area (TPSA) is 71.4 Å². The van der Waals surface area contributed by atoms with Gasteiger partial charge in [0.2, 0.25) is 11.5 Å². The van der Waals surface area contributed by atoms with Gasteiger partial charge in [-0.25, -0.2) is 0 Å². The minimum absolute atomic E-state index is 0.0728. The molecular formula is C16H17N3O3. The SMILES string of the molecule is CN(CC(=O)Nc1ccc(=O)n(C)c1)C(=O)c1ccccc1. The molecule has 0 atom stereocenters. The summed E-state index contributed by atoms with van der Waals surface area (Å²) in [5.74, 6) is -0.554. The highest BCUT2D eigenvalue weighted by atomic mass is 16.2. The number of benzene rings is 1. The minimum Gasteiger partial charge on any atom is -0.332 e. The smallest absolute Gasteiger partial charge is 0.254 e. The molecule has 22 heavy (non-hydrogen) atoms. The average molecular weight is 299 g/mol. The Morgan fingerprint density at radius 3 is 2.45 bits per heavy atom. The van der Waals surface area contributed by atoms with Gasteiger partial charge in [-0.2, -0.15) is 0 Å². The Morgan fingerprint density at radius 2 is 1.82 bits per heavy atom. The fraction of sp³-hybridized carbons (Fsp3) is 0.188. The van der Waals surface area contributed by atoms with E-state index in [-0.39, 0.29) is 23.9 Å². The van der Waals surface area contributed by atoms with Crippen molar-refractivity contribution in [2.45, 2.75) is 0 Å². The molecule has 6 heteroatoms. The molecule has 2 rings (SSSR count). The molecule has 0 unspecified atom stereocenters. The van der Waals surface area contributed by atoms with Crippen LogP contribution in [0.15, 0.2) is 53.5 Å². The Balaban J connectivity index is 1.98. The Hall–Kier alpha value is -2.89. The fourth-order valence-electron chi connectivity index (χ4n) is 1.96. The summed E-state index contributed by atoms with van der Waals surface area (Å²) in [7, 11) is 3.17. The molecule has 2 amide bonds. The molecule has 0 aliphatic carbocycles. The van der Waals surface area contributed by atoms with E-state index >= 15 is 0 Å². The Morgan fingerprint density at radius 1 is 1.14 bits per heavy atom. The number of anilines is 1. The molecule has 0 aliphatic heterocycles. The van der Waals surface area contributed by atoms with E-state index in [9.17, 15) is 14.4 Å². The van der Waals surface area contributed by atoms with Crippen molar-refractivity contribution in [3.8, 4) is 0 Å². The second-order valence-electron chi connectivity index (χ2n) is 4.94. The molecule has 1 heterocycles. The van der Waals surface area contributed by atoms with Crippen LogP contribution in [0.1, 0.15) is 10.4 Å². The number of hydrogen-bond donors (Lipinski definition) is 1. The molecule has 0 spiro atoms. The second kappa shape index (κ2) is 6.71. The molecule has 0 aliphatic rings. The molecule has 1 aromatic heterocycles. The normalized spacial score (nSPS) is 10.1. The zero-order valence-corrected chi connectivity index (χ0v) is 12.4. The van der Waals surface area contributed by atoms with Crippen LogP contribution < -0.4 is 10.9 Å². The summed E-state index contributed by atoms with van der Waals surface area (Å²) >= 11 is 0. The molecule has 1 N–H and O–H groups in total. The molecule has 6 nitrogen and oxygen atoms in total. The van der Waals surface area contributed by atoms with Gasteiger partial charge < -0.3 is 14.8 Å². The van der Waals surface area contributed by atoms with Gasteiger partial charge in [0.25, 0.3) is 5.91 Å². The van der Waals surface area contributed by atoms with Crippen molar-refractivity contribution in [2.24, 2.45) is 7.05 Å². The van der Waals surface area contributed by atoms with Gasteiger partial charge in [0.15, 0.2) is 0 Å². The van der Waals surface area contributed by atoms with Crippen molar-refractivity contribution in [3.63, 3.8) is 0 Å². The third-order valence-corrected chi connectivity index (χ3v) is 3.12. The average Bonchev–Trinajstić information content (AvgIpc) is 2.51. The monoisotopic (exact) mass is 299 g/mol. The van der Waals surface area contributed by atoms with Crippen molar-refractivity contribution in [2.75, 3.05) is 18.9 Å². The number of nitrogens with one attached hydrogen (secondary N) is 1. The van der Waals surface area contributed by atoms with Crippen LogP contribution in [0.4, 0.5) is 5.69 Å². The summed E-state index contributed by atoms with van der Waals surface area (Å²) in [4.78, 5) is 36.7. The van der Waals surface area contributed by atoms with E-state index in [1.54, 1.807) is 38.4 Å². The van der Waals surface area contributed by atoms with Crippen molar-refractivity contribution >= 4 is 17.5 Å². The number of rotatable bonds is 4. The van der Waals surface area contributed by atoms with Gasteiger partial charge in [-0.05, 0) is 18.2 Å². The van der Waals surface area contributed by atoms with Crippen LogP contribution in [0.3, 0.4) is 0 Å². The van der Waals surface area contributed by atoms with E-state index in [0.717, 1.165) is 0 Å². The third-order valence-electron chi connectivity index (χ3n) is 3.12. The van der Waals surface area contributed by atoms with E-state index in [1.165, 1.54) is 27.8 Å². The minimum atomic E-state index is -0.328. The van der Waals surface area contributed by atoms with Crippen molar-refractivity contribution < 1.29 is 9.59 Å². The first-order valence-corrected chi connectivity index (χ1v) is 6.74. The van der Waals surface area contributed by atoms with E-state index in [1.807, 2.05) is 6.07 Å². The van der Waals surface area contributed by atoms with E-state index in [0.29, 0.717) is 11.3 Å².